The number of aromatic nitrogens is 2. The van der Waals surface area contributed by atoms with Crippen molar-refractivity contribution in [3.05, 3.63) is 52.0 Å². The Bertz CT molecular complexity index is 568. The molecule has 0 amide bonds. The fourth-order valence-electron chi connectivity index (χ4n) is 1.47. The van der Waals surface area contributed by atoms with Gasteiger partial charge in [0.15, 0.2) is 0 Å². The van der Waals surface area contributed by atoms with Crippen molar-refractivity contribution in [1.29, 1.82) is 0 Å². The Morgan fingerprint density at radius 3 is 2.88 bits per heavy atom. The molecule has 0 aliphatic carbocycles. The molecule has 2 rings (SSSR count). The maximum atomic E-state index is 13.4. The highest BCUT2D eigenvalue weighted by Gasteiger charge is 2.06. The lowest BCUT2D eigenvalue weighted by Gasteiger charge is -2.05. The molecule has 0 radical (unpaired) electrons. The van der Waals surface area contributed by atoms with Gasteiger partial charge in [0.25, 0.3) is 0 Å². The lowest BCUT2D eigenvalue weighted by Crippen LogP contribution is -2.12. The van der Waals surface area contributed by atoms with E-state index in [1.165, 1.54) is 6.07 Å². The number of hydrogen-bond acceptors (Lipinski definition) is 2. The van der Waals surface area contributed by atoms with Crippen LogP contribution >= 0.6 is 28.1 Å². The number of rotatable bonds is 3. The molecule has 0 atom stereocenters. The van der Waals surface area contributed by atoms with Crippen LogP contribution in [0.4, 0.5) is 4.39 Å². The molecule has 0 aliphatic rings. The molecule has 1 heterocycles. The van der Waals surface area contributed by atoms with E-state index < -0.39 is 5.82 Å². The van der Waals surface area contributed by atoms with Crippen LogP contribution in [0.2, 0.25) is 0 Å². The largest absolute Gasteiger partial charge is 0.389 e. The Balaban J connectivity index is 2.28. The summed E-state index contributed by atoms with van der Waals surface area (Å²) in [5, 5.41) is 4.12. The van der Waals surface area contributed by atoms with Crippen LogP contribution in [0, 0.1) is 5.82 Å². The normalized spacial score (nSPS) is 10.5. The minimum absolute atomic E-state index is 0.0611. The van der Waals surface area contributed by atoms with Crippen LogP contribution in [-0.4, -0.2) is 14.8 Å². The molecule has 6 heteroatoms. The second kappa shape index (κ2) is 4.93. The summed E-state index contributed by atoms with van der Waals surface area (Å²) in [4.78, 5) is 0.0611. The Kier molecular flexibility index (Phi) is 3.54. The van der Waals surface area contributed by atoms with Crippen molar-refractivity contribution in [1.82, 2.24) is 9.78 Å². The van der Waals surface area contributed by atoms with Gasteiger partial charge in [0.2, 0.25) is 0 Å². The van der Waals surface area contributed by atoms with E-state index in [1.54, 1.807) is 23.0 Å². The van der Waals surface area contributed by atoms with E-state index in [9.17, 15) is 4.39 Å². The van der Waals surface area contributed by atoms with Crippen molar-refractivity contribution < 1.29 is 4.39 Å². The lowest BCUT2D eigenvalue weighted by atomic mass is 10.1. The average Bonchev–Trinajstić information content (AvgIpc) is 2.66. The summed E-state index contributed by atoms with van der Waals surface area (Å²) in [5.74, 6) is -0.400. The molecule has 3 nitrogen and oxygen atoms in total. The maximum Gasteiger partial charge on any atom is 0.133 e. The smallest absolute Gasteiger partial charge is 0.133 e. The van der Waals surface area contributed by atoms with Crippen molar-refractivity contribution in [2.75, 3.05) is 0 Å². The molecule has 0 unspecified atom stereocenters. The molecular formula is C11H9BrFN3S. The van der Waals surface area contributed by atoms with Crippen LogP contribution in [-0.2, 0) is 6.54 Å². The van der Waals surface area contributed by atoms with Gasteiger partial charge in [-0.3, -0.25) is 4.68 Å². The van der Waals surface area contributed by atoms with Gasteiger partial charge in [-0.25, -0.2) is 4.39 Å². The van der Waals surface area contributed by atoms with Crippen molar-refractivity contribution in [2.45, 2.75) is 6.54 Å². The van der Waals surface area contributed by atoms with Gasteiger partial charge in [0, 0.05) is 11.8 Å². The monoisotopic (exact) mass is 313 g/mol. The Morgan fingerprint density at radius 2 is 2.29 bits per heavy atom. The summed E-state index contributed by atoms with van der Waals surface area (Å²) < 4.78 is 16.0. The minimum Gasteiger partial charge on any atom is -0.389 e. The topological polar surface area (TPSA) is 43.8 Å². The van der Waals surface area contributed by atoms with Crippen LogP contribution < -0.4 is 5.73 Å². The second-order valence-electron chi connectivity index (χ2n) is 3.53. The van der Waals surface area contributed by atoms with Crippen molar-refractivity contribution in [2.24, 2.45) is 5.73 Å². The van der Waals surface area contributed by atoms with E-state index in [1.807, 2.05) is 6.20 Å². The Labute approximate surface area is 112 Å². The van der Waals surface area contributed by atoms with E-state index in [-0.39, 0.29) is 10.6 Å². The van der Waals surface area contributed by atoms with Crippen molar-refractivity contribution >= 4 is 33.1 Å². The highest BCUT2D eigenvalue weighted by Crippen LogP contribution is 2.13. The molecule has 0 saturated heterocycles. The highest BCUT2D eigenvalue weighted by molar-refractivity contribution is 9.10. The van der Waals surface area contributed by atoms with Gasteiger partial charge >= 0.3 is 0 Å². The van der Waals surface area contributed by atoms with Crippen LogP contribution in [0.5, 0.6) is 0 Å². The first-order valence-electron chi connectivity index (χ1n) is 4.82. The summed E-state index contributed by atoms with van der Waals surface area (Å²) in [5.41, 5.74) is 6.60. The number of hydrogen-bond donors (Lipinski definition) is 1. The average molecular weight is 314 g/mol. The van der Waals surface area contributed by atoms with Crippen LogP contribution in [0.15, 0.2) is 35.1 Å². The fraction of sp³-hybridized carbons (Fsp3) is 0.0909. The third kappa shape index (κ3) is 2.89. The van der Waals surface area contributed by atoms with Gasteiger partial charge < -0.3 is 5.73 Å². The minimum atomic E-state index is -0.400. The van der Waals surface area contributed by atoms with Crippen LogP contribution in [0.3, 0.4) is 0 Å². The van der Waals surface area contributed by atoms with Crippen molar-refractivity contribution in [3.63, 3.8) is 0 Å². The van der Waals surface area contributed by atoms with Crippen LogP contribution in [0.1, 0.15) is 11.1 Å². The first kappa shape index (κ1) is 12.2. The first-order chi connectivity index (χ1) is 8.06. The molecular weight excluding hydrogens is 305 g/mol. The third-order valence-corrected chi connectivity index (χ3v) is 2.87. The number of nitrogens with two attached hydrogens (primary N) is 1. The molecule has 1 aromatic heterocycles. The highest BCUT2D eigenvalue weighted by atomic mass is 79.9. The number of halogens is 2. The van der Waals surface area contributed by atoms with Gasteiger partial charge in [0.1, 0.15) is 10.8 Å². The molecule has 0 saturated carbocycles. The molecule has 0 fully saturated rings. The molecule has 88 valence electrons. The quantitative estimate of drug-likeness (QED) is 0.885. The van der Waals surface area contributed by atoms with E-state index >= 15 is 0 Å². The third-order valence-electron chi connectivity index (χ3n) is 2.24. The van der Waals surface area contributed by atoms with E-state index in [2.05, 4.69) is 21.0 Å². The molecule has 17 heavy (non-hydrogen) atoms. The predicted octanol–water partition coefficient (Wildman–Crippen LogP) is 2.47. The van der Waals surface area contributed by atoms with E-state index in [0.29, 0.717) is 6.54 Å². The van der Waals surface area contributed by atoms with Gasteiger partial charge in [-0.05, 0) is 33.6 Å². The zero-order chi connectivity index (χ0) is 12.4. The second-order valence-corrected chi connectivity index (χ2v) is 4.89. The fourth-order valence-corrected chi connectivity index (χ4v) is 1.96. The molecule has 1 aromatic carbocycles. The molecule has 0 spiro atoms. The zero-order valence-electron chi connectivity index (χ0n) is 8.73. The maximum absolute atomic E-state index is 13.4. The lowest BCUT2D eigenvalue weighted by molar-refractivity contribution is 0.622. The summed E-state index contributed by atoms with van der Waals surface area (Å²) in [6.07, 6.45) is 3.53. The first-order valence-corrected chi connectivity index (χ1v) is 6.02. The summed E-state index contributed by atoms with van der Waals surface area (Å²) >= 11 is 8.10. The number of thiocarbonyl (C=S) groups is 1. The van der Waals surface area contributed by atoms with E-state index in [4.69, 9.17) is 18.0 Å². The summed E-state index contributed by atoms with van der Waals surface area (Å²) in [7, 11) is 0. The summed E-state index contributed by atoms with van der Waals surface area (Å²) in [6.45, 7) is 0.543. The van der Waals surface area contributed by atoms with E-state index in [0.717, 1.165) is 10.0 Å². The zero-order valence-corrected chi connectivity index (χ0v) is 11.1. The predicted molar refractivity (Wildman–Crippen MR) is 71.3 cm³/mol. The van der Waals surface area contributed by atoms with Crippen molar-refractivity contribution in [3.8, 4) is 0 Å². The molecule has 0 aliphatic heterocycles. The van der Waals surface area contributed by atoms with Crippen LogP contribution in [0.25, 0.3) is 0 Å². The molecule has 2 aromatic rings. The molecule has 2 N–H and O–H groups in total. The number of nitrogens with zero attached hydrogens (tertiary/aromatic N) is 2. The van der Waals surface area contributed by atoms with Gasteiger partial charge in [-0.15, -0.1) is 0 Å². The Hall–Kier alpha value is -1.27. The van der Waals surface area contributed by atoms with Gasteiger partial charge in [-0.2, -0.15) is 5.10 Å². The Morgan fingerprint density at radius 1 is 1.53 bits per heavy atom. The van der Waals surface area contributed by atoms with Gasteiger partial charge in [-0.1, -0.05) is 18.3 Å². The summed E-state index contributed by atoms with van der Waals surface area (Å²) in [6, 6.07) is 4.70. The molecule has 0 bridgehead atoms. The van der Waals surface area contributed by atoms with Gasteiger partial charge in [0.05, 0.1) is 17.2 Å². The number of benzene rings is 1. The standard InChI is InChI=1S/C11H9BrFN3S/c12-8-4-15-16(6-8)5-7-1-2-10(13)9(3-7)11(14)17/h1-4,6H,5H2,(H2,14,17). The SMILES string of the molecule is NC(=S)c1cc(Cn2cc(Br)cn2)ccc1F.